The number of carboxylic acids is 4. The molecule has 0 aliphatic heterocycles. The lowest BCUT2D eigenvalue weighted by atomic mass is 9.55. The average Bonchev–Trinajstić information content (AvgIpc) is 2.27. The third-order valence-electron chi connectivity index (χ3n) is 3.54. The minimum Gasteiger partial charge on any atom is -0.480 e. The summed E-state index contributed by atoms with van der Waals surface area (Å²) in [7, 11) is 0. The van der Waals surface area contributed by atoms with Gasteiger partial charge in [0.05, 0.1) is 0 Å². The molecule has 22 heavy (non-hydrogen) atoms. The average molecular weight is 406 g/mol. The van der Waals surface area contributed by atoms with Crippen molar-refractivity contribution in [2.24, 2.45) is 10.8 Å². The highest BCUT2D eigenvalue weighted by molar-refractivity contribution is 6.13. The molecule has 0 atom stereocenters. The molecule has 132 valence electrons. The Bertz CT molecular complexity index is 371. The molecule has 0 aromatic carbocycles. The van der Waals surface area contributed by atoms with Gasteiger partial charge in [-0.2, -0.15) is 0 Å². The van der Waals surface area contributed by atoms with E-state index >= 15 is 0 Å². The molecular formula is C10H16Cl4O8. The molecule has 0 saturated heterocycles. The third-order valence-corrected chi connectivity index (χ3v) is 3.54. The summed E-state index contributed by atoms with van der Waals surface area (Å²) >= 11 is 0. The first-order valence-electron chi connectivity index (χ1n) is 5.17. The van der Waals surface area contributed by atoms with Crippen LogP contribution >= 0.6 is 49.6 Å². The molecule has 1 fully saturated rings. The Morgan fingerprint density at radius 2 is 0.727 bits per heavy atom. The molecule has 0 aromatic rings. The normalized spacial score (nSPS) is 17.1. The van der Waals surface area contributed by atoms with Crippen molar-refractivity contribution in [3.05, 3.63) is 0 Å². The van der Waals surface area contributed by atoms with Crippen LogP contribution in [0.25, 0.3) is 0 Å². The van der Waals surface area contributed by atoms with Gasteiger partial charge in [-0.3, -0.25) is 19.2 Å². The van der Waals surface area contributed by atoms with E-state index < -0.39 is 47.5 Å². The molecule has 0 radical (unpaired) electrons. The van der Waals surface area contributed by atoms with Gasteiger partial charge in [0, 0.05) is 0 Å². The summed E-state index contributed by atoms with van der Waals surface area (Å²) in [6, 6.07) is 0. The molecule has 0 unspecified atom stereocenters. The quantitative estimate of drug-likeness (QED) is 0.514. The van der Waals surface area contributed by atoms with Crippen LogP contribution in [0.5, 0.6) is 0 Å². The van der Waals surface area contributed by atoms with Crippen molar-refractivity contribution in [3.63, 3.8) is 0 Å². The standard InChI is InChI=1S/C10H12O8.4ClH/c11-5(12)9(6(13)14)3-1-2-4-10(9,7(15)16)8(17)18;;;;/h1-4H2,(H,11,12)(H,13,14)(H,15,16)(H,17,18);4*1H. The van der Waals surface area contributed by atoms with E-state index in [1.54, 1.807) is 0 Å². The molecular weight excluding hydrogens is 390 g/mol. The largest absolute Gasteiger partial charge is 0.480 e. The monoisotopic (exact) mass is 404 g/mol. The number of aliphatic carboxylic acids is 4. The van der Waals surface area contributed by atoms with E-state index in [1.165, 1.54) is 0 Å². The van der Waals surface area contributed by atoms with Crippen molar-refractivity contribution in [2.45, 2.75) is 25.7 Å². The van der Waals surface area contributed by atoms with Gasteiger partial charge in [-0.05, 0) is 12.8 Å². The molecule has 1 aliphatic carbocycles. The van der Waals surface area contributed by atoms with Crippen LogP contribution in [0.3, 0.4) is 0 Å². The Kier molecular flexibility index (Phi) is 13.1. The number of carbonyl (C=O) groups is 4. The van der Waals surface area contributed by atoms with Crippen molar-refractivity contribution in [3.8, 4) is 0 Å². The fourth-order valence-electron chi connectivity index (χ4n) is 2.55. The number of hydrogen-bond acceptors (Lipinski definition) is 4. The van der Waals surface area contributed by atoms with Crippen LogP contribution in [0, 0.1) is 10.8 Å². The second-order valence-electron chi connectivity index (χ2n) is 4.24. The topological polar surface area (TPSA) is 149 Å². The Balaban J connectivity index is -0.000000405. The lowest BCUT2D eigenvalue weighted by molar-refractivity contribution is -0.200. The van der Waals surface area contributed by atoms with E-state index in [0.29, 0.717) is 0 Å². The summed E-state index contributed by atoms with van der Waals surface area (Å²) in [5.41, 5.74) is -5.66. The molecule has 0 spiro atoms. The summed E-state index contributed by atoms with van der Waals surface area (Å²) in [5, 5.41) is 36.3. The van der Waals surface area contributed by atoms with Crippen molar-refractivity contribution in [1.29, 1.82) is 0 Å². The van der Waals surface area contributed by atoms with Gasteiger partial charge in [0.1, 0.15) is 0 Å². The van der Waals surface area contributed by atoms with E-state index in [2.05, 4.69) is 0 Å². The molecule has 1 rings (SSSR count). The minimum absolute atomic E-state index is 0. The fourth-order valence-corrected chi connectivity index (χ4v) is 2.55. The Morgan fingerprint density at radius 3 is 0.864 bits per heavy atom. The molecule has 0 amide bonds. The molecule has 0 bridgehead atoms. The second kappa shape index (κ2) is 9.94. The van der Waals surface area contributed by atoms with Gasteiger partial charge < -0.3 is 20.4 Å². The van der Waals surface area contributed by atoms with E-state index in [1.807, 2.05) is 0 Å². The first kappa shape index (κ1) is 29.1. The lowest BCUT2D eigenvalue weighted by Crippen LogP contribution is -2.62. The highest BCUT2D eigenvalue weighted by atomic mass is 35.5. The zero-order chi connectivity index (χ0) is 14.1. The van der Waals surface area contributed by atoms with Crippen LogP contribution in [-0.2, 0) is 19.2 Å². The molecule has 0 aromatic heterocycles. The summed E-state index contributed by atoms with van der Waals surface area (Å²) in [5.74, 6) is -7.72. The number of halogens is 4. The van der Waals surface area contributed by atoms with Gasteiger partial charge in [-0.25, -0.2) is 0 Å². The first-order valence-corrected chi connectivity index (χ1v) is 5.17. The van der Waals surface area contributed by atoms with Crippen molar-refractivity contribution < 1.29 is 39.6 Å². The third kappa shape index (κ3) is 3.68. The van der Waals surface area contributed by atoms with Crippen LogP contribution in [-0.4, -0.2) is 44.3 Å². The maximum absolute atomic E-state index is 11.2. The minimum atomic E-state index is -2.83. The van der Waals surface area contributed by atoms with Gasteiger partial charge in [-0.1, -0.05) is 12.8 Å². The maximum Gasteiger partial charge on any atom is 0.322 e. The van der Waals surface area contributed by atoms with Crippen LogP contribution in [0.1, 0.15) is 25.7 Å². The summed E-state index contributed by atoms with van der Waals surface area (Å²) in [6.45, 7) is 0. The second-order valence-corrected chi connectivity index (χ2v) is 4.24. The molecule has 0 heterocycles. The highest BCUT2D eigenvalue weighted by Crippen LogP contribution is 2.52. The summed E-state index contributed by atoms with van der Waals surface area (Å²) in [4.78, 5) is 44.9. The molecule has 12 heteroatoms. The van der Waals surface area contributed by atoms with E-state index in [9.17, 15) is 19.2 Å². The van der Waals surface area contributed by atoms with E-state index in [4.69, 9.17) is 20.4 Å². The highest BCUT2D eigenvalue weighted by Gasteiger charge is 2.71. The molecule has 4 N–H and O–H groups in total. The van der Waals surface area contributed by atoms with Gasteiger partial charge in [-0.15, -0.1) is 49.6 Å². The SMILES string of the molecule is Cl.Cl.Cl.Cl.O=C(O)C1(C(=O)O)CCCCC1(C(=O)O)C(=O)O. The Labute approximate surface area is 149 Å². The summed E-state index contributed by atoms with van der Waals surface area (Å²) in [6.07, 6.45) is -0.728. The van der Waals surface area contributed by atoms with Crippen LogP contribution < -0.4 is 0 Å². The Hall–Kier alpha value is -0.960. The lowest BCUT2D eigenvalue weighted by Gasteiger charge is -2.41. The van der Waals surface area contributed by atoms with Crippen LogP contribution in [0.4, 0.5) is 0 Å². The molecule has 1 aliphatic rings. The zero-order valence-corrected chi connectivity index (χ0v) is 14.1. The van der Waals surface area contributed by atoms with Gasteiger partial charge in [0.15, 0.2) is 10.8 Å². The van der Waals surface area contributed by atoms with Crippen molar-refractivity contribution in [2.75, 3.05) is 0 Å². The van der Waals surface area contributed by atoms with Crippen LogP contribution in [0.2, 0.25) is 0 Å². The smallest absolute Gasteiger partial charge is 0.322 e. The number of rotatable bonds is 4. The van der Waals surface area contributed by atoms with E-state index in [-0.39, 0.29) is 62.5 Å². The van der Waals surface area contributed by atoms with Crippen molar-refractivity contribution in [1.82, 2.24) is 0 Å². The summed E-state index contributed by atoms with van der Waals surface area (Å²) < 4.78 is 0. The number of hydrogen-bond donors (Lipinski definition) is 4. The van der Waals surface area contributed by atoms with E-state index in [0.717, 1.165) is 0 Å². The first-order chi connectivity index (χ1) is 8.23. The Morgan fingerprint density at radius 1 is 0.545 bits per heavy atom. The van der Waals surface area contributed by atoms with Gasteiger partial charge >= 0.3 is 23.9 Å². The molecule has 8 nitrogen and oxygen atoms in total. The predicted octanol–water partition coefficient (Wildman–Crippen LogP) is 1.56. The molecule has 1 saturated carbocycles. The maximum atomic E-state index is 11.2. The predicted molar refractivity (Wildman–Crippen MR) is 82.9 cm³/mol. The fraction of sp³-hybridized carbons (Fsp3) is 0.600. The van der Waals surface area contributed by atoms with Gasteiger partial charge in [0.2, 0.25) is 0 Å². The van der Waals surface area contributed by atoms with Crippen molar-refractivity contribution >= 4 is 73.5 Å². The number of carboxylic acid groups (broad SMARTS) is 4. The van der Waals surface area contributed by atoms with Gasteiger partial charge in [0.25, 0.3) is 0 Å². The zero-order valence-electron chi connectivity index (χ0n) is 10.9. The van der Waals surface area contributed by atoms with Crippen LogP contribution in [0.15, 0.2) is 0 Å².